The summed E-state index contributed by atoms with van der Waals surface area (Å²) in [6, 6.07) is 15.0. The molecule has 2 heterocycles. The number of carbonyl (C=O) groups excluding carboxylic acids is 3. The fourth-order valence-corrected chi connectivity index (χ4v) is 4.73. The second-order valence-corrected chi connectivity index (χ2v) is 8.86. The Morgan fingerprint density at radius 3 is 2.39 bits per heavy atom. The van der Waals surface area contributed by atoms with Gasteiger partial charge in [-0.25, -0.2) is 0 Å². The Balaban J connectivity index is 1.29. The van der Waals surface area contributed by atoms with Crippen LogP contribution in [0.25, 0.3) is 0 Å². The van der Waals surface area contributed by atoms with Crippen molar-refractivity contribution in [2.24, 2.45) is 0 Å². The number of hydrogen-bond donors (Lipinski definition) is 0. The summed E-state index contributed by atoms with van der Waals surface area (Å²) in [5.41, 5.74) is 1.77. The number of nitrogens with zero attached hydrogens (tertiary/aromatic N) is 3. The third kappa shape index (κ3) is 5.30. The molecule has 0 bridgehead atoms. The molecule has 0 saturated carbocycles. The fourth-order valence-electron chi connectivity index (χ4n) is 4.49. The first-order chi connectivity index (χ1) is 16.0. The van der Waals surface area contributed by atoms with Gasteiger partial charge in [-0.1, -0.05) is 48.0 Å². The molecule has 2 aromatic rings. The van der Waals surface area contributed by atoms with E-state index in [0.29, 0.717) is 56.3 Å². The second-order valence-electron chi connectivity index (χ2n) is 8.46. The number of piperidine rings is 1. The van der Waals surface area contributed by atoms with Crippen LogP contribution in [0.15, 0.2) is 48.5 Å². The van der Waals surface area contributed by atoms with Crippen LogP contribution >= 0.6 is 11.6 Å². The molecule has 2 aliphatic rings. The van der Waals surface area contributed by atoms with E-state index in [1.165, 1.54) is 0 Å². The lowest BCUT2D eigenvalue weighted by Crippen LogP contribution is -2.59. The number of methoxy groups -OCH3 is 1. The van der Waals surface area contributed by atoms with Crippen molar-refractivity contribution in [1.29, 1.82) is 0 Å². The van der Waals surface area contributed by atoms with Crippen LogP contribution in [0.3, 0.4) is 0 Å². The van der Waals surface area contributed by atoms with E-state index in [-0.39, 0.29) is 18.4 Å². The van der Waals surface area contributed by atoms with Gasteiger partial charge in [-0.3, -0.25) is 14.4 Å². The summed E-state index contributed by atoms with van der Waals surface area (Å²) >= 11 is 6.28. The zero-order valence-corrected chi connectivity index (χ0v) is 19.5. The molecule has 2 aliphatic heterocycles. The minimum absolute atomic E-state index is 0.00981. The molecule has 2 aromatic carbocycles. The van der Waals surface area contributed by atoms with E-state index in [1.54, 1.807) is 29.0 Å². The van der Waals surface area contributed by atoms with Gasteiger partial charge in [-0.05, 0) is 36.1 Å². The van der Waals surface area contributed by atoms with Crippen LogP contribution in [0, 0.1) is 0 Å². The molecule has 33 heavy (non-hydrogen) atoms. The maximum Gasteiger partial charge on any atom is 0.312 e. The van der Waals surface area contributed by atoms with Crippen LogP contribution in [0.5, 0.6) is 5.75 Å². The molecule has 4 rings (SSSR count). The van der Waals surface area contributed by atoms with Crippen LogP contribution in [0.1, 0.15) is 24.0 Å². The maximum atomic E-state index is 12.8. The molecule has 0 radical (unpaired) electrons. The van der Waals surface area contributed by atoms with E-state index in [4.69, 9.17) is 16.3 Å². The molecule has 0 aliphatic carbocycles. The van der Waals surface area contributed by atoms with E-state index in [0.717, 1.165) is 11.1 Å². The molecule has 0 aromatic heterocycles. The van der Waals surface area contributed by atoms with Crippen molar-refractivity contribution in [2.45, 2.75) is 31.8 Å². The molecule has 3 amide bonds. The Kier molecular flexibility index (Phi) is 7.18. The zero-order chi connectivity index (χ0) is 23.4. The molecule has 0 unspecified atom stereocenters. The van der Waals surface area contributed by atoms with Crippen LogP contribution in [0.2, 0.25) is 5.02 Å². The molecule has 0 spiro atoms. The van der Waals surface area contributed by atoms with Gasteiger partial charge >= 0.3 is 11.8 Å². The number of piperazine rings is 1. The highest BCUT2D eigenvalue weighted by Crippen LogP contribution is 2.25. The molecule has 0 N–H and O–H groups in total. The van der Waals surface area contributed by atoms with Crippen molar-refractivity contribution in [3.05, 3.63) is 64.7 Å². The first-order valence-electron chi connectivity index (χ1n) is 11.2. The third-order valence-corrected chi connectivity index (χ3v) is 6.77. The highest BCUT2D eigenvalue weighted by atomic mass is 35.5. The number of ether oxygens (including phenoxy) is 1. The first-order valence-corrected chi connectivity index (χ1v) is 11.6. The Labute approximate surface area is 198 Å². The maximum absolute atomic E-state index is 12.8. The van der Waals surface area contributed by atoms with E-state index < -0.39 is 11.8 Å². The van der Waals surface area contributed by atoms with Gasteiger partial charge in [0.1, 0.15) is 5.75 Å². The van der Waals surface area contributed by atoms with Crippen molar-refractivity contribution in [3.63, 3.8) is 0 Å². The van der Waals surface area contributed by atoms with E-state index >= 15 is 0 Å². The summed E-state index contributed by atoms with van der Waals surface area (Å²) in [7, 11) is 1.57. The van der Waals surface area contributed by atoms with Gasteiger partial charge in [0.2, 0.25) is 5.91 Å². The molecule has 2 saturated heterocycles. The normalized spacial score (nSPS) is 17.5. The van der Waals surface area contributed by atoms with Crippen LogP contribution in [0.4, 0.5) is 0 Å². The number of carbonyl (C=O) groups is 3. The second kappa shape index (κ2) is 10.3. The summed E-state index contributed by atoms with van der Waals surface area (Å²) in [5, 5.41) is 0.509. The standard InChI is InChI=1S/C25H28ClN3O4/c1-33-21-8-7-19(22(26)16-21)15-23(30)27-11-9-20(10-12-27)29-14-13-28(24(31)25(29)32)17-18-5-3-2-4-6-18/h2-8,16,20H,9-15,17H2,1H3. The highest BCUT2D eigenvalue weighted by molar-refractivity contribution is 6.35. The summed E-state index contributed by atoms with van der Waals surface area (Å²) in [5.74, 6) is -0.222. The smallest absolute Gasteiger partial charge is 0.312 e. The number of amides is 3. The highest BCUT2D eigenvalue weighted by Gasteiger charge is 2.38. The average Bonchev–Trinajstić information content (AvgIpc) is 2.84. The molecule has 8 heteroatoms. The average molecular weight is 470 g/mol. The number of halogens is 1. The lowest BCUT2D eigenvalue weighted by molar-refractivity contribution is -0.159. The van der Waals surface area contributed by atoms with Crippen molar-refractivity contribution >= 4 is 29.3 Å². The first kappa shape index (κ1) is 23.1. The summed E-state index contributed by atoms with van der Waals surface area (Å²) in [6.45, 7) is 2.61. The van der Waals surface area contributed by atoms with E-state index in [9.17, 15) is 14.4 Å². The third-order valence-electron chi connectivity index (χ3n) is 6.42. The van der Waals surface area contributed by atoms with Crippen LogP contribution in [-0.4, -0.2) is 71.8 Å². The van der Waals surface area contributed by atoms with Crippen molar-refractivity contribution in [1.82, 2.24) is 14.7 Å². The molecule has 0 atom stereocenters. The van der Waals surface area contributed by atoms with Gasteiger partial charge in [0.25, 0.3) is 0 Å². The molecule has 7 nitrogen and oxygen atoms in total. The fraction of sp³-hybridized carbons (Fsp3) is 0.400. The van der Waals surface area contributed by atoms with Gasteiger partial charge in [-0.15, -0.1) is 0 Å². The summed E-state index contributed by atoms with van der Waals surface area (Å²) in [4.78, 5) is 43.4. The lowest BCUT2D eigenvalue weighted by atomic mass is 10.0. The topological polar surface area (TPSA) is 70.2 Å². The number of likely N-dealkylation sites (tertiary alicyclic amines) is 1. The molecule has 2 fully saturated rings. The van der Waals surface area contributed by atoms with Gasteiger partial charge in [-0.2, -0.15) is 0 Å². The molecular weight excluding hydrogens is 442 g/mol. The monoisotopic (exact) mass is 469 g/mol. The number of hydrogen-bond acceptors (Lipinski definition) is 4. The zero-order valence-electron chi connectivity index (χ0n) is 18.7. The lowest BCUT2D eigenvalue weighted by Gasteiger charge is -2.42. The summed E-state index contributed by atoms with van der Waals surface area (Å²) in [6.07, 6.45) is 1.56. The van der Waals surface area contributed by atoms with Crippen molar-refractivity contribution < 1.29 is 19.1 Å². The van der Waals surface area contributed by atoms with Crippen LogP contribution in [-0.2, 0) is 27.3 Å². The number of rotatable bonds is 6. The van der Waals surface area contributed by atoms with E-state index in [2.05, 4.69) is 0 Å². The quantitative estimate of drug-likeness (QED) is 0.610. The minimum atomic E-state index is -0.447. The largest absolute Gasteiger partial charge is 0.497 e. The summed E-state index contributed by atoms with van der Waals surface area (Å²) < 4.78 is 5.15. The van der Waals surface area contributed by atoms with Gasteiger partial charge in [0, 0.05) is 43.8 Å². The van der Waals surface area contributed by atoms with Gasteiger partial charge < -0.3 is 19.4 Å². The Bertz CT molecular complexity index is 1020. The van der Waals surface area contributed by atoms with Gasteiger partial charge in [0.05, 0.1) is 13.5 Å². The van der Waals surface area contributed by atoms with Gasteiger partial charge in [0.15, 0.2) is 0 Å². The predicted octanol–water partition coefficient (Wildman–Crippen LogP) is 2.75. The Hall–Kier alpha value is -3.06. The van der Waals surface area contributed by atoms with E-state index in [1.807, 2.05) is 41.3 Å². The SMILES string of the molecule is COc1ccc(CC(=O)N2CCC(N3CCN(Cc4ccccc4)C(=O)C3=O)CC2)c(Cl)c1. The minimum Gasteiger partial charge on any atom is -0.497 e. The van der Waals surface area contributed by atoms with Crippen molar-refractivity contribution in [2.75, 3.05) is 33.3 Å². The molecular formula is C25H28ClN3O4. The number of benzene rings is 2. The predicted molar refractivity (Wildman–Crippen MR) is 125 cm³/mol. The Morgan fingerprint density at radius 2 is 1.73 bits per heavy atom. The van der Waals surface area contributed by atoms with Crippen LogP contribution < -0.4 is 4.74 Å². The Morgan fingerprint density at radius 1 is 1.00 bits per heavy atom. The van der Waals surface area contributed by atoms with Crippen molar-refractivity contribution in [3.8, 4) is 5.75 Å². The molecule has 174 valence electrons.